The molecule has 0 saturated heterocycles. The van der Waals surface area contributed by atoms with Crippen molar-refractivity contribution in [2.75, 3.05) is 5.43 Å². The second-order valence-corrected chi connectivity index (χ2v) is 4.38. The number of aromatic amines is 1. The molecule has 2 aromatic carbocycles. The van der Waals surface area contributed by atoms with Crippen LogP contribution in [-0.4, -0.2) is 26.8 Å². The summed E-state index contributed by atoms with van der Waals surface area (Å²) in [6.07, 6.45) is 0. The SMILES string of the molecule is CC(=NNc1nc2c(ccc3ccccc32)[nH]1)C(=O)O. The van der Waals surface area contributed by atoms with Crippen molar-refractivity contribution < 1.29 is 9.90 Å². The molecule has 100 valence electrons. The number of carboxylic acids is 1. The number of anilines is 1. The zero-order valence-electron chi connectivity index (χ0n) is 10.7. The van der Waals surface area contributed by atoms with E-state index >= 15 is 0 Å². The van der Waals surface area contributed by atoms with Gasteiger partial charge in [0.25, 0.3) is 0 Å². The van der Waals surface area contributed by atoms with Crippen LogP contribution in [0.15, 0.2) is 41.5 Å². The third-order valence-electron chi connectivity index (χ3n) is 3.02. The zero-order valence-corrected chi connectivity index (χ0v) is 10.7. The highest BCUT2D eigenvalue weighted by Crippen LogP contribution is 2.24. The number of carboxylic acid groups (broad SMARTS) is 1. The number of aliphatic carboxylic acids is 1. The first-order chi connectivity index (χ1) is 9.65. The molecule has 0 aliphatic rings. The number of rotatable bonds is 3. The first-order valence-electron chi connectivity index (χ1n) is 6.06. The summed E-state index contributed by atoms with van der Waals surface area (Å²) in [5.41, 5.74) is 4.29. The van der Waals surface area contributed by atoms with Gasteiger partial charge in [0.1, 0.15) is 5.71 Å². The molecular weight excluding hydrogens is 256 g/mol. The number of nitrogens with zero attached hydrogens (tertiary/aromatic N) is 2. The molecule has 20 heavy (non-hydrogen) atoms. The van der Waals surface area contributed by atoms with Gasteiger partial charge >= 0.3 is 5.97 Å². The van der Waals surface area contributed by atoms with Gasteiger partial charge in [-0.2, -0.15) is 5.10 Å². The molecule has 3 N–H and O–H groups in total. The number of hydrogen-bond acceptors (Lipinski definition) is 4. The maximum Gasteiger partial charge on any atom is 0.351 e. The molecule has 0 atom stereocenters. The minimum atomic E-state index is -1.07. The van der Waals surface area contributed by atoms with Gasteiger partial charge in [-0.25, -0.2) is 15.2 Å². The summed E-state index contributed by atoms with van der Waals surface area (Å²) in [7, 11) is 0. The standard InChI is InChI=1S/C14H12N4O2/c1-8(13(19)20)17-18-14-15-11-7-6-9-4-2-3-5-10(9)12(11)16-14/h2-7H,1H3,(H,19,20)(H2,15,16,18). The number of fused-ring (bicyclic) bond motifs is 3. The van der Waals surface area contributed by atoms with E-state index in [2.05, 4.69) is 20.5 Å². The van der Waals surface area contributed by atoms with Crippen molar-refractivity contribution in [2.24, 2.45) is 5.10 Å². The second kappa shape index (κ2) is 4.65. The topological polar surface area (TPSA) is 90.4 Å². The average Bonchev–Trinajstić information content (AvgIpc) is 2.88. The monoisotopic (exact) mass is 268 g/mol. The minimum Gasteiger partial charge on any atom is -0.477 e. The van der Waals surface area contributed by atoms with Crippen LogP contribution >= 0.6 is 0 Å². The van der Waals surface area contributed by atoms with Gasteiger partial charge in [0.2, 0.25) is 5.95 Å². The minimum absolute atomic E-state index is 0.0321. The van der Waals surface area contributed by atoms with Crippen molar-refractivity contribution in [1.82, 2.24) is 9.97 Å². The Bertz CT molecular complexity index is 835. The van der Waals surface area contributed by atoms with Crippen molar-refractivity contribution in [2.45, 2.75) is 6.92 Å². The van der Waals surface area contributed by atoms with Gasteiger partial charge in [0.05, 0.1) is 11.0 Å². The van der Waals surface area contributed by atoms with Crippen molar-refractivity contribution in [1.29, 1.82) is 0 Å². The van der Waals surface area contributed by atoms with E-state index in [1.807, 2.05) is 36.4 Å². The lowest BCUT2D eigenvalue weighted by atomic mass is 10.1. The van der Waals surface area contributed by atoms with Crippen LogP contribution in [0.2, 0.25) is 0 Å². The maximum absolute atomic E-state index is 10.7. The van der Waals surface area contributed by atoms with E-state index in [4.69, 9.17) is 5.11 Å². The third-order valence-corrected chi connectivity index (χ3v) is 3.02. The van der Waals surface area contributed by atoms with E-state index < -0.39 is 5.97 Å². The van der Waals surface area contributed by atoms with Gasteiger partial charge in [-0.15, -0.1) is 0 Å². The summed E-state index contributed by atoms with van der Waals surface area (Å²) in [6.45, 7) is 1.41. The van der Waals surface area contributed by atoms with E-state index in [0.717, 1.165) is 21.8 Å². The van der Waals surface area contributed by atoms with Crippen LogP contribution in [-0.2, 0) is 4.79 Å². The maximum atomic E-state index is 10.7. The van der Waals surface area contributed by atoms with Crippen LogP contribution < -0.4 is 5.43 Å². The van der Waals surface area contributed by atoms with Crippen LogP contribution in [0.4, 0.5) is 5.95 Å². The Morgan fingerprint density at radius 3 is 2.90 bits per heavy atom. The summed E-state index contributed by atoms with van der Waals surface area (Å²) in [6, 6.07) is 11.9. The number of nitrogens with one attached hydrogen (secondary N) is 2. The zero-order chi connectivity index (χ0) is 14.1. The van der Waals surface area contributed by atoms with Crippen molar-refractivity contribution in [3.8, 4) is 0 Å². The van der Waals surface area contributed by atoms with Crippen molar-refractivity contribution in [3.63, 3.8) is 0 Å². The predicted molar refractivity (Wildman–Crippen MR) is 78.0 cm³/mol. The molecular formula is C14H12N4O2. The van der Waals surface area contributed by atoms with Crippen LogP contribution in [0.5, 0.6) is 0 Å². The molecule has 6 nitrogen and oxygen atoms in total. The number of hydrogen-bond donors (Lipinski definition) is 3. The Morgan fingerprint density at radius 1 is 1.30 bits per heavy atom. The van der Waals surface area contributed by atoms with E-state index in [1.165, 1.54) is 6.92 Å². The summed E-state index contributed by atoms with van der Waals surface area (Å²) in [5, 5.41) is 14.6. The molecule has 0 aliphatic heterocycles. The molecule has 0 unspecified atom stereocenters. The fourth-order valence-corrected chi connectivity index (χ4v) is 1.98. The molecule has 0 amide bonds. The van der Waals surface area contributed by atoms with Crippen molar-refractivity contribution in [3.05, 3.63) is 36.4 Å². The fraction of sp³-hybridized carbons (Fsp3) is 0.0714. The molecule has 0 aliphatic carbocycles. The number of imidazole rings is 1. The summed E-state index contributed by atoms with van der Waals surface area (Å²) in [4.78, 5) is 18.1. The molecule has 1 heterocycles. The molecule has 6 heteroatoms. The Labute approximate surface area is 114 Å². The highest BCUT2D eigenvalue weighted by atomic mass is 16.4. The molecule has 0 saturated carbocycles. The Balaban J connectivity index is 2.05. The van der Waals surface area contributed by atoms with Crippen molar-refractivity contribution >= 4 is 39.4 Å². The van der Waals surface area contributed by atoms with Gasteiger partial charge in [0.15, 0.2) is 0 Å². The van der Waals surface area contributed by atoms with Crippen LogP contribution in [0, 0.1) is 0 Å². The molecule has 3 aromatic rings. The lowest BCUT2D eigenvalue weighted by Gasteiger charge is -1.96. The van der Waals surface area contributed by atoms with E-state index in [0.29, 0.717) is 5.95 Å². The number of hydrazone groups is 1. The summed E-state index contributed by atoms with van der Waals surface area (Å²) >= 11 is 0. The molecule has 0 bridgehead atoms. The molecule has 0 radical (unpaired) electrons. The first-order valence-corrected chi connectivity index (χ1v) is 6.06. The van der Waals surface area contributed by atoms with Gasteiger partial charge in [0, 0.05) is 5.39 Å². The number of aromatic nitrogens is 2. The van der Waals surface area contributed by atoms with Crippen LogP contribution in [0.1, 0.15) is 6.92 Å². The lowest BCUT2D eigenvalue weighted by Crippen LogP contribution is -2.10. The quantitative estimate of drug-likeness (QED) is 0.503. The smallest absolute Gasteiger partial charge is 0.351 e. The Hall–Kier alpha value is -2.89. The third kappa shape index (κ3) is 2.07. The van der Waals surface area contributed by atoms with E-state index in [1.54, 1.807) is 0 Å². The average molecular weight is 268 g/mol. The molecule has 1 aromatic heterocycles. The molecule has 0 spiro atoms. The van der Waals surface area contributed by atoms with E-state index in [9.17, 15) is 4.79 Å². The summed E-state index contributed by atoms with van der Waals surface area (Å²) in [5.74, 6) is -0.656. The van der Waals surface area contributed by atoms with Crippen LogP contribution in [0.3, 0.4) is 0 Å². The highest BCUT2D eigenvalue weighted by molar-refractivity contribution is 6.34. The van der Waals surface area contributed by atoms with Gasteiger partial charge in [-0.1, -0.05) is 30.3 Å². The normalized spacial score (nSPS) is 11.9. The Kier molecular flexibility index (Phi) is 2.83. The number of carbonyl (C=O) groups is 1. The van der Waals surface area contributed by atoms with E-state index in [-0.39, 0.29) is 5.71 Å². The Morgan fingerprint density at radius 2 is 2.10 bits per heavy atom. The second-order valence-electron chi connectivity index (χ2n) is 4.38. The highest BCUT2D eigenvalue weighted by Gasteiger charge is 2.07. The van der Waals surface area contributed by atoms with Crippen LogP contribution in [0.25, 0.3) is 21.8 Å². The van der Waals surface area contributed by atoms with Gasteiger partial charge < -0.3 is 10.1 Å². The fourth-order valence-electron chi connectivity index (χ4n) is 1.98. The largest absolute Gasteiger partial charge is 0.477 e. The predicted octanol–water partition coefficient (Wildman–Crippen LogP) is 2.59. The van der Waals surface area contributed by atoms with Gasteiger partial charge in [-0.3, -0.25) is 0 Å². The summed E-state index contributed by atoms with van der Waals surface area (Å²) < 4.78 is 0. The molecule has 0 fully saturated rings. The van der Waals surface area contributed by atoms with Gasteiger partial charge in [-0.05, 0) is 18.4 Å². The first kappa shape index (κ1) is 12.2. The molecule has 3 rings (SSSR count). The number of benzene rings is 2. The lowest BCUT2D eigenvalue weighted by molar-refractivity contribution is -0.129. The number of H-pyrrole nitrogens is 1.